The highest BCUT2D eigenvalue weighted by molar-refractivity contribution is 5.85. The van der Waals surface area contributed by atoms with Gasteiger partial charge in [-0.15, -0.1) is 0 Å². The largest absolute Gasteiger partial charge is 0.454 e. The molecule has 0 spiro atoms. The number of allylic oxidation sites excluding steroid dienone is 2. The maximum absolute atomic E-state index is 12.9. The summed E-state index contributed by atoms with van der Waals surface area (Å²) in [4.78, 5) is 38.4. The van der Waals surface area contributed by atoms with Gasteiger partial charge in [0.15, 0.2) is 24.6 Å². The number of hydrogen-bond donors (Lipinski definition) is 2. The fourth-order valence-electron chi connectivity index (χ4n) is 3.81. The Balaban J connectivity index is 1.90. The number of methoxy groups -OCH3 is 1. The molecule has 11 heteroatoms. The Morgan fingerprint density at radius 3 is 2.19 bits per heavy atom. The number of nitrogens with zero attached hydrogens (tertiary/aromatic N) is 1. The van der Waals surface area contributed by atoms with Crippen molar-refractivity contribution >= 4 is 23.7 Å². The number of carbonyl (C=O) groups is 3. The van der Waals surface area contributed by atoms with E-state index in [0.29, 0.717) is 24.1 Å². The third-order valence-electron chi connectivity index (χ3n) is 5.96. The van der Waals surface area contributed by atoms with Crippen LogP contribution in [0.5, 0.6) is 0 Å². The number of hydrogen-bond acceptors (Lipinski definition) is 10. The smallest absolute Gasteiger partial charge is 0.412 e. The maximum Gasteiger partial charge on any atom is 0.412 e. The van der Waals surface area contributed by atoms with Crippen LogP contribution in [0.25, 0.3) is 0 Å². The number of esters is 2. The maximum atomic E-state index is 12.9. The summed E-state index contributed by atoms with van der Waals surface area (Å²) in [7, 11) is 1.32. The van der Waals surface area contributed by atoms with Gasteiger partial charge >= 0.3 is 18.0 Å². The highest BCUT2D eigenvalue weighted by atomic mass is 16.7. The Bertz CT molecular complexity index is 1000. The van der Waals surface area contributed by atoms with E-state index in [4.69, 9.17) is 28.9 Å². The summed E-state index contributed by atoms with van der Waals surface area (Å²) in [5, 5.41) is 21.4. The van der Waals surface area contributed by atoms with Crippen molar-refractivity contribution in [3.8, 4) is 6.07 Å². The standard InChI is InChI=1S/C25H30N2O9/c1-14-6-4-5-7-15(2)23(30)35-21-20(34-22(14)29)19(18(13-28)33-24(21)32-3)36-25(31)27-17-10-8-16(12-26)9-11-17/h4-5,8-11,14-15,18-21,24,28H,6-7,13H2,1-3H3,(H,27,31)/t14-,15-,18+,19+,20-,21-,24-/m0/s1. The number of nitriles is 1. The highest BCUT2D eigenvalue weighted by Gasteiger charge is 2.53. The summed E-state index contributed by atoms with van der Waals surface area (Å²) in [5.41, 5.74) is 0.752. The third-order valence-corrected chi connectivity index (χ3v) is 5.96. The summed E-state index contributed by atoms with van der Waals surface area (Å²) >= 11 is 0. The number of rotatable bonds is 4. The molecule has 194 valence electrons. The van der Waals surface area contributed by atoms with Crippen molar-refractivity contribution in [2.75, 3.05) is 19.0 Å². The molecule has 2 aliphatic rings. The molecular formula is C25H30N2O9. The first-order valence-electron chi connectivity index (χ1n) is 11.6. The van der Waals surface area contributed by atoms with Gasteiger partial charge in [0, 0.05) is 12.8 Å². The molecule has 7 atom stereocenters. The van der Waals surface area contributed by atoms with Crippen LogP contribution in [0.4, 0.5) is 10.5 Å². The van der Waals surface area contributed by atoms with Crippen LogP contribution in [0, 0.1) is 23.2 Å². The van der Waals surface area contributed by atoms with Gasteiger partial charge in [0.2, 0.25) is 0 Å². The molecule has 1 aromatic rings. The lowest BCUT2D eigenvalue weighted by molar-refractivity contribution is -0.300. The summed E-state index contributed by atoms with van der Waals surface area (Å²) in [5.74, 6) is -2.21. The number of nitrogens with one attached hydrogen (secondary N) is 1. The minimum Gasteiger partial charge on any atom is -0.454 e. The van der Waals surface area contributed by atoms with Gasteiger partial charge in [0.25, 0.3) is 0 Å². The van der Waals surface area contributed by atoms with Crippen LogP contribution in [0.1, 0.15) is 32.3 Å². The predicted molar refractivity (Wildman–Crippen MR) is 124 cm³/mol. The average molecular weight is 503 g/mol. The van der Waals surface area contributed by atoms with E-state index in [0.717, 1.165) is 0 Å². The molecule has 0 aromatic heterocycles. The molecule has 0 aliphatic carbocycles. The van der Waals surface area contributed by atoms with Crippen molar-refractivity contribution < 1.29 is 43.2 Å². The minimum absolute atomic E-state index is 0.346. The fourth-order valence-corrected chi connectivity index (χ4v) is 3.81. The van der Waals surface area contributed by atoms with E-state index in [1.807, 2.05) is 6.07 Å². The normalized spacial score (nSPS) is 30.9. The molecular weight excluding hydrogens is 472 g/mol. The van der Waals surface area contributed by atoms with E-state index in [2.05, 4.69) is 5.32 Å². The van der Waals surface area contributed by atoms with Crippen molar-refractivity contribution in [1.29, 1.82) is 5.26 Å². The quantitative estimate of drug-likeness (QED) is 0.356. The second-order valence-electron chi connectivity index (χ2n) is 8.69. The predicted octanol–water partition coefficient (Wildman–Crippen LogP) is 2.28. The molecule has 1 fully saturated rings. The SMILES string of the molecule is CO[C@H]1O[C@H](CO)[C@@H](OC(=O)Nc2ccc(C#N)cc2)[C@@H]2OC(=O)[C@@H](C)CC=CC[C@H](C)C(=O)O[C@H]12. The van der Waals surface area contributed by atoms with Crippen molar-refractivity contribution in [2.45, 2.75) is 57.4 Å². The first-order chi connectivity index (χ1) is 17.3. The van der Waals surface area contributed by atoms with Gasteiger partial charge in [-0.1, -0.05) is 26.0 Å². The number of fused-ring (bicyclic) bond motifs is 1. The monoisotopic (exact) mass is 502 g/mol. The molecule has 1 saturated heterocycles. The van der Waals surface area contributed by atoms with E-state index in [-0.39, 0.29) is 0 Å². The topological polar surface area (TPSA) is 153 Å². The Morgan fingerprint density at radius 2 is 1.67 bits per heavy atom. The molecule has 3 rings (SSSR count). The molecule has 0 bridgehead atoms. The van der Waals surface area contributed by atoms with Crippen LogP contribution in [-0.4, -0.2) is 67.6 Å². The lowest BCUT2D eigenvalue weighted by atomic mass is 9.97. The van der Waals surface area contributed by atoms with E-state index in [1.165, 1.54) is 31.4 Å². The Kier molecular flexibility index (Phi) is 9.41. The number of benzene rings is 1. The number of anilines is 1. The van der Waals surface area contributed by atoms with Gasteiger partial charge < -0.3 is 28.8 Å². The van der Waals surface area contributed by atoms with Crippen molar-refractivity contribution in [2.24, 2.45) is 11.8 Å². The van der Waals surface area contributed by atoms with E-state index in [1.54, 1.807) is 26.0 Å². The summed E-state index contributed by atoms with van der Waals surface area (Å²) in [6.07, 6.45) is -2.78. The summed E-state index contributed by atoms with van der Waals surface area (Å²) < 4.78 is 28.0. The number of carbonyl (C=O) groups excluding carboxylic acids is 3. The Hall–Kier alpha value is -3.46. The molecule has 2 N–H and O–H groups in total. The van der Waals surface area contributed by atoms with Gasteiger partial charge in [-0.05, 0) is 37.1 Å². The highest BCUT2D eigenvalue weighted by Crippen LogP contribution is 2.31. The molecule has 0 radical (unpaired) electrons. The molecule has 11 nitrogen and oxygen atoms in total. The third kappa shape index (κ3) is 6.60. The molecule has 2 aliphatic heterocycles. The zero-order chi connectivity index (χ0) is 26.2. The van der Waals surface area contributed by atoms with Crippen LogP contribution >= 0.6 is 0 Å². The van der Waals surface area contributed by atoms with Gasteiger partial charge in [-0.3, -0.25) is 14.9 Å². The van der Waals surface area contributed by atoms with Crippen LogP contribution in [0.3, 0.4) is 0 Å². The van der Waals surface area contributed by atoms with Gasteiger partial charge in [0.05, 0.1) is 30.1 Å². The van der Waals surface area contributed by atoms with Gasteiger partial charge in [0.1, 0.15) is 6.10 Å². The van der Waals surface area contributed by atoms with Crippen molar-refractivity contribution in [3.05, 3.63) is 42.0 Å². The number of amides is 1. The minimum atomic E-state index is -1.33. The number of ether oxygens (including phenoxy) is 5. The van der Waals surface area contributed by atoms with E-state index < -0.39 is 67.2 Å². The number of aliphatic hydroxyl groups is 1. The summed E-state index contributed by atoms with van der Waals surface area (Å²) in [6.45, 7) is 2.79. The van der Waals surface area contributed by atoms with Crippen LogP contribution in [0.15, 0.2) is 36.4 Å². The molecule has 36 heavy (non-hydrogen) atoms. The zero-order valence-electron chi connectivity index (χ0n) is 20.3. The van der Waals surface area contributed by atoms with E-state index >= 15 is 0 Å². The fraction of sp³-hybridized carbons (Fsp3) is 0.520. The molecule has 1 aromatic carbocycles. The average Bonchev–Trinajstić information content (AvgIpc) is 2.87. The first-order valence-corrected chi connectivity index (χ1v) is 11.6. The van der Waals surface area contributed by atoms with Crippen molar-refractivity contribution in [1.82, 2.24) is 0 Å². The molecule has 1 amide bonds. The lowest BCUT2D eigenvalue weighted by Gasteiger charge is -2.44. The first kappa shape index (κ1) is 27.1. The van der Waals surface area contributed by atoms with Crippen molar-refractivity contribution in [3.63, 3.8) is 0 Å². The second kappa shape index (κ2) is 12.5. The second-order valence-corrected chi connectivity index (χ2v) is 8.69. The van der Waals surface area contributed by atoms with Gasteiger partial charge in [-0.2, -0.15) is 5.26 Å². The molecule has 0 unspecified atom stereocenters. The number of aliphatic hydroxyl groups excluding tert-OH is 1. The lowest BCUT2D eigenvalue weighted by Crippen LogP contribution is -2.63. The Morgan fingerprint density at radius 1 is 1.08 bits per heavy atom. The van der Waals surface area contributed by atoms with Crippen LogP contribution in [0.2, 0.25) is 0 Å². The Labute approximate surface area is 208 Å². The molecule has 2 heterocycles. The zero-order valence-corrected chi connectivity index (χ0v) is 20.3. The summed E-state index contributed by atoms with van der Waals surface area (Å²) in [6, 6.07) is 8.03. The molecule has 0 saturated carbocycles. The van der Waals surface area contributed by atoms with Gasteiger partial charge in [-0.25, -0.2) is 4.79 Å². The van der Waals surface area contributed by atoms with Crippen LogP contribution < -0.4 is 5.32 Å². The van der Waals surface area contributed by atoms with E-state index in [9.17, 15) is 19.5 Å². The van der Waals surface area contributed by atoms with Crippen LogP contribution in [-0.2, 0) is 33.3 Å².